The summed E-state index contributed by atoms with van der Waals surface area (Å²) < 4.78 is 32.2. The Morgan fingerprint density at radius 1 is 1.12 bits per heavy atom. The van der Waals surface area contributed by atoms with Crippen molar-refractivity contribution in [1.82, 2.24) is 9.62 Å². The zero-order valence-electron chi connectivity index (χ0n) is 14.0. The van der Waals surface area contributed by atoms with Gasteiger partial charge in [-0.25, -0.2) is 8.42 Å². The first-order valence-electron chi connectivity index (χ1n) is 8.47. The van der Waals surface area contributed by atoms with E-state index < -0.39 is 10.0 Å². The normalized spacial score (nSPS) is 16.3. The van der Waals surface area contributed by atoms with Crippen LogP contribution in [0.2, 0.25) is 0 Å². The van der Waals surface area contributed by atoms with Gasteiger partial charge in [0.1, 0.15) is 0 Å². The lowest BCUT2D eigenvalue weighted by Gasteiger charge is -2.20. The quantitative estimate of drug-likeness (QED) is 0.887. The van der Waals surface area contributed by atoms with Gasteiger partial charge in [-0.2, -0.15) is 4.31 Å². The van der Waals surface area contributed by atoms with Crippen LogP contribution in [0.25, 0.3) is 0 Å². The highest BCUT2D eigenvalue weighted by molar-refractivity contribution is 7.89. The number of hydrogen-bond donors (Lipinski definition) is 1. The lowest BCUT2D eigenvalue weighted by atomic mass is 10.2. The highest BCUT2D eigenvalue weighted by atomic mass is 32.2. The second-order valence-corrected chi connectivity index (χ2v) is 8.10. The molecule has 3 rings (SSSR count). The van der Waals surface area contributed by atoms with Crippen LogP contribution in [-0.2, 0) is 16.6 Å². The Morgan fingerprint density at radius 3 is 2.56 bits per heavy atom. The molecule has 0 atom stereocenters. The van der Waals surface area contributed by atoms with Crippen molar-refractivity contribution in [2.45, 2.75) is 37.1 Å². The number of benzene rings is 1. The summed E-state index contributed by atoms with van der Waals surface area (Å²) >= 11 is 0. The number of furan rings is 1. The molecule has 6 nitrogen and oxygen atoms in total. The SMILES string of the molecule is O=C(NCc1ccoc1)c1cccc(S(=O)(=O)N2CCCCCC2)c1. The van der Waals surface area contributed by atoms with Crippen LogP contribution in [-0.4, -0.2) is 31.7 Å². The fourth-order valence-electron chi connectivity index (χ4n) is 2.91. The van der Waals surface area contributed by atoms with Crippen LogP contribution in [0, 0.1) is 0 Å². The van der Waals surface area contributed by atoms with Gasteiger partial charge in [-0.15, -0.1) is 0 Å². The van der Waals surface area contributed by atoms with E-state index in [9.17, 15) is 13.2 Å². The summed E-state index contributed by atoms with van der Waals surface area (Å²) in [5.41, 5.74) is 1.18. The molecule has 1 aliphatic heterocycles. The zero-order chi connectivity index (χ0) is 17.7. The molecule has 1 aliphatic rings. The molecule has 0 spiro atoms. The first kappa shape index (κ1) is 17.7. The summed E-state index contributed by atoms with van der Waals surface area (Å²) in [7, 11) is -3.56. The average molecular weight is 362 g/mol. The minimum absolute atomic E-state index is 0.172. The van der Waals surface area contributed by atoms with E-state index in [0.29, 0.717) is 25.2 Å². The van der Waals surface area contributed by atoms with Crippen molar-refractivity contribution in [3.05, 3.63) is 54.0 Å². The Hall–Kier alpha value is -2.12. The number of carbonyl (C=O) groups is 1. The van der Waals surface area contributed by atoms with Crippen molar-refractivity contribution in [3.8, 4) is 0 Å². The molecule has 1 aromatic carbocycles. The Morgan fingerprint density at radius 2 is 1.88 bits per heavy atom. The lowest BCUT2D eigenvalue weighted by Crippen LogP contribution is -2.32. The maximum Gasteiger partial charge on any atom is 0.251 e. The van der Waals surface area contributed by atoms with Crippen LogP contribution in [0.15, 0.2) is 52.2 Å². The van der Waals surface area contributed by atoms with E-state index in [1.54, 1.807) is 30.5 Å². The minimum atomic E-state index is -3.56. The van der Waals surface area contributed by atoms with E-state index in [-0.39, 0.29) is 10.8 Å². The maximum absolute atomic E-state index is 12.8. The molecule has 0 aliphatic carbocycles. The smallest absolute Gasteiger partial charge is 0.251 e. The third-order valence-corrected chi connectivity index (χ3v) is 6.23. The van der Waals surface area contributed by atoms with Crippen LogP contribution < -0.4 is 5.32 Å². The summed E-state index contributed by atoms with van der Waals surface area (Å²) in [6.07, 6.45) is 6.97. The molecule has 0 unspecified atom stereocenters. The number of nitrogens with zero attached hydrogens (tertiary/aromatic N) is 1. The highest BCUT2D eigenvalue weighted by Gasteiger charge is 2.25. The second kappa shape index (κ2) is 7.84. The monoisotopic (exact) mass is 362 g/mol. The molecule has 1 N–H and O–H groups in total. The molecule has 2 aromatic rings. The van der Waals surface area contributed by atoms with Gasteiger partial charge in [0.2, 0.25) is 10.0 Å². The van der Waals surface area contributed by atoms with Crippen LogP contribution in [0.4, 0.5) is 0 Å². The van der Waals surface area contributed by atoms with Gasteiger partial charge in [0.05, 0.1) is 17.4 Å². The average Bonchev–Trinajstić information content (AvgIpc) is 2.99. The van der Waals surface area contributed by atoms with Crippen molar-refractivity contribution in [2.75, 3.05) is 13.1 Å². The molecular weight excluding hydrogens is 340 g/mol. The van der Waals surface area contributed by atoms with E-state index in [2.05, 4.69) is 5.32 Å². The van der Waals surface area contributed by atoms with Crippen molar-refractivity contribution in [1.29, 1.82) is 0 Å². The first-order valence-corrected chi connectivity index (χ1v) is 9.91. The molecule has 1 aromatic heterocycles. The fourth-order valence-corrected chi connectivity index (χ4v) is 4.47. The Bertz CT molecular complexity index is 807. The van der Waals surface area contributed by atoms with Gasteiger partial charge in [-0.3, -0.25) is 4.79 Å². The fraction of sp³-hybridized carbons (Fsp3) is 0.389. The summed E-state index contributed by atoms with van der Waals surface area (Å²) in [5.74, 6) is -0.311. The number of sulfonamides is 1. The van der Waals surface area contributed by atoms with Crippen LogP contribution in [0.5, 0.6) is 0 Å². The highest BCUT2D eigenvalue weighted by Crippen LogP contribution is 2.21. The molecule has 134 valence electrons. The lowest BCUT2D eigenvalue weighted by molar-refractivity contribution is 0.0950. The van der Waals surface area contributed by atoms with Gasteiger partial charge in [0.25, 0.3) is 5.91 Å². The third-order valence-electron chi connectivity index (χ3n) is 4.33. The number of rotatable bonds is 5. The van der Waals surface area contributed by atoms with Gasteiger partial charge in [-0.1, -0.05) is 18.9 Å². The van der Waals surface area contributed by atoms with E-state index in [1.165, 1.54) is 16.6 Å². The van der Waals surface area contributed by atoms with Crippen molar-refractivity contribution in [3.63, 3.8) is 0 Å². The molecule has 1 saturated heterocycles. The molecule has 25 heavy (non-hydrogen) atoms. The van der Waals surface area contributed by atoms with Crippen molar-refractivity contribution in [2.24, 2.45) is 0 Å². The van der Waals surface area contributed by atoms with E-state index >= 15 is 0 Å². The van der Waals surface area contributed by atoms with Gasteiger partial charge in [0, 0.05) is 30.8 Å². The van der Waals surface area contributed by atoms with E-state index in [0.717, 1.165) is 31.2 Å². The molecular formula is C18H22N2O4S. The van der Waals surface area contributed by atoms with Gasteiger partial charge in [-0.05, 0) is 37.1 Å². The Labute approximate surface area is 147 Å². The molecule has 0 radical (unpaired) electrons. The number of nitrogens with one attached hydrogen (secondary N) is 1. The summed E-state index contributed by atoms with van der Waals surface area (Å²) in [5, 5.41) is 2.76. The van der Waals surface area contributed by atoms with Crippen molar-refractivity contribution >= 4 is 15.9 Å². The second-order valence-electron chi connectivity index (χ2n) is 6.16. The molecule has 1 amide bonds. The van der Waals surface area contributed by atoms with Gasteiger partial charge < -0.3 is 9.73 Å². The minimum Gasteiger partial charge on any atom is -0.472 e. The molecule has 1 fully saturated rings. The largest absolute Gasteiger partial charge is 0.472 e. The topological polar surface area (TPSA) is 79.6 Å². The molecule has 0 bridgehead atoms. The Balaban J connectivity index is 1.74. The Kier molecular flexibility index (Phi) is 5.55. The van der Waals surface area contributed by atoms with Crippen molar-refractivity contribution < 1.29 is 17.6 Å². The number of hydrogen-bond acceptors (Lipinski definition) is 4. The number of amides is 1. The zero-order valence-corrected chi connectivity index (χ0v) is 14.8. The standard InChI is InChI=1S/C18H22N2O4S/c21-18(19-13-15-8-11-24-14-15)16-6-5-7-17(12-16)25(22,23)20-9-3-1-2-4-10-20/h5-8,11-12,14H,1-4,9-10,13H2,(H,19,21). The predicted molar refractivity (Wildman–Crippen MR) is 93.5 cm³/mol. The number of carbonyl (C=O) groups excluding carboxylic acids is 1. The van der Waals surface area contributed by atoms with E-state index in [4.69, 9.17) is 4.42 Å². The summed E-state index contributed by atoms with van der Waals surface area (Å²) in [6, 6.07) is 7.99. The molecule has 0 saturated carbocycles. The predicted octanol–water partition coefficient (Wildman–Crippen LogP) is 2.77. The summed E-state index contributed by atoms with van der Waals surface area (Å²) in [6.45, 7) is 1.41. The van der Waals surface area contributed by atoms with Gasteiger partial charge >= 0.3 is 0 Å². The molecule has 2 heterocycles. The van der Waals surface area contributed by atoms with Gasteiger partial charge in [0.15, 0.2) is 0 Å². The first-order chi connectivity index (χ1) is 12.1. The van der Waals surface area contributed by atoms with E-state index in [1.807, 2.05) is 0 Å². The summed E-state index contributed by atoms with van der Waals surface area (Å²) in [4.78, 5) is 12.5. The maximum atomic E-state index is 12.8. The van der Waals surface area contributed by atoms with Crippen LogP contribution in [0.3, 0.4) is 0 Å². The molecule has 7 heteroatoms. The third kappa shape index (κ3) is 4.29. The van der Waals surface area contributed by atoms with Crippen LogP contribution in [0.1, 0.15) is 41.6 Å². The van der Waals surface area contributed by atoms with Crippen LogP contribution >= 0.6 is 0 Å².